The number of amidine groups is 1. The SMILES string of the molecule is COc1ccc2nc(C3=C(O)CN(c4ccc(CC(=O)O)cc4)C3=N)[nH]c2c1. The molecule has 0 amide bonds. The Bertz CT molecular complexity index is 1110. The second-order valence-corrected chi connectivity index (χ2v) is 6.46. The quantitative estimate of drug-likeness (QED) is 0.541. The number of benzene rings is 2. The Balaban J connectivity index is 1.62. The number of aromatic nitrogens is 2. The molecule has 0 radical (unpaired) electrons. The van der Waals surface area contributed by atoms with Crippen LogP contribution in [0.2, 0.25) is 0 Å². The molecule has 0 unspecified atom stereocenters. The van der Waals surface area contributed by atoms with Crippen molar-refractivity contribution in [1.29, 1.82) is 5.41 Å². The highest BCUT2D eigenvalue weighted by atomic mass is 16.5. The standard InChI is InChI=1S/C20H18N4O4/c1-28-13-6-7-14-15(9-13)23-20(22-14)18-16(25)10-24(19(18)21)12-4-2-11(3-5-12)8-17(26)27/h2-7,9,21,25H,8,10H2,1H3,(H,22,23)(H,26,27). The van der Waals surface area contributed by atoms with Crippen LogP contribution in [0.15, 0.2) is 48.2 Å². The Kier molecular flexibility index (Phi) is 4.23. The number of H-pyrrole nitrogens is 1. The van der Waals surface area contributed by atoms with E-state index in [1.165, 1.54) is 0 Å². The van der Waals surface area contributed by atoms with Gasteiger partial charge < -0.3 is 24.8 Å². The topological polar surface area (TPSA) is 123 Å². The molecule has 0 fully saturated rings. The average molecular weight is 378 g/mol. The van der Waals surface area contributed by atoms with E-state index in [1.54, 1.807) is 48.4 Å². The monoisotopic (exact) mass is 378 g/mol. The highest BCUT2D eigenvalue weighted by Crippen LogP contribution is 2.31. The van der Waals surface area contributed by atoms with Crippen LogP contribution in [0.25, 0.3) is 16.6 Å². The van der Waals surface area contributed by atoms with E-state index in [2.05, 4.69) is 9.97 Å². The zero-order chi connectivity index (χ0) is 19.8. The van der Waals surface area contributed by atoms with E-state index in [4.69, 9.17) is 15.3 Å². The predicted octanol–water partition coefficient (Wildman–Crippen LogP) is 2.97. The molecule has 2 aromatic carbocycles. The van der Waals surface area contributed by atoms with E-state index in [9.17, 15) is 9.90 Å². The second-order valence-electron chi connectivity index (χ2n) is 6.46. The number of aliphatic hydroxyl groups excluding tert-OH is 1. The average Bonchev–Trinajstić information content (AvgIpc) is 3.21. The largest absolute Gasteiger partial charge is 0.509 e. The molecule has 8 nitrogen and oxygen atoms in total. The number of methoxy groups -OCH3 is 1. The van der Waals surface area contributed by atoms with Gasteiger partial charge in [-0.05, 0) is 29.8 Å². The number of anilines is 1. The summed E-state index contributed by atoms with van der Waals surface area (Å²) in [5, 5.41) is 27.9. The molecular weight excluding hydrogens is 360 g/mol. The minimum atomic E-state index is -0.898. The number of fused-ring (bicyclic) bond motifs is 1. The van der Waals surface area contributed by atoms with Crippen molar-refractivity contribution < 1.29 is 19.7 Å². The van der Waals surface area contributed by atoms with E-state index < -0.39 is 5.97 Å². The molecule has 0 aliphatic carbocycles. The number of hydrogen-bond donors (Lipinski definition) is 4. The smallest absolute Gasteiger partial charge is 0.307 e. The Morgan fingerprint density at radius 1 is 1.29 bits per heavy atom. The Morgan fingerprint density at radius 3 is 2.71 bits per heavy atom. The minimum Gasteiger partial charge on any atom is -0.509 e. The van der Waals surface area contributed by atoms with E-state index in [-0.39, 0.29) is 24.6 Å². The van der Waals surface area contributed by atoms with Crippen molar-refractivity contribution >= 4 is 34.1 Å². The van der Waals surface area contributed by atoms with E-state index in [1.807, 2.05) is 6.07 Å². The first kappa shape index (κ1) is 17.6. The number of aliphatic hydroxyl groups is 1. The molecule has 0 atom stereocenters. The Labute approximate surface area is 160 Å². The van der Waals surface area contributed by atoms with Crippen LogP contribution in [0.5, 0.6) is 5.75 Å². The molecule has 0 spiro atoms. The van der Waals surface area contributed by atoms with Gasteiger partial charge in [-0.25, -0.2) is 4.98 Å². The number of ether oxygens (including phenoxy) is 1. The predicted molar refractivity (Wildman–Crippen MR) is 105 cm³/mol. The molecule has 3 aromatic rings. The maximum Gasteiger partial charge on any atom is 0.307 e. The Morgan fingerprint density at radius 2 is 2.04 bits per heavy atom. The van der Waals surface area contributed by atoms with E-state index >= 15 is 0 Å². The molecule has 28 heavy (non-hydrogen) atoms. The minimum absolute atomic E-state index is 0.0469. The third-order valence-electron chi connectivity index (χ3n) is 4.63. The molecule has 1 aliphatic heterocycles. The second kappa shape index (κ2) is 6.73. The summed E-state index contributed by atoms with van der Waals surface area (Å²) in [6, 6.07) is 12.3. The van der Waals surface area contributed by atoms with Gasteiger partial charge in [-0.1, -0.05) is 12.1 Å². The number of nitrogens with one attached hydrogen (secondary N) is 2. The first-order chi connectivity index (χ1) is 13.5. The normalized spacial score (nSPS) is 14.2. The van der Waals surface area contributed by atoms with Gasteiger partial charge in [0, 0.05) is 11.8 Å². The van der Waals surface area contributed by atoms with Crippen LogP contribution in [0, 0.1) is 5.41 Å². The summed E-state index contributed by atoms with van der Waals surface area (Å²) < 4.78 is 5.21. The lowest BCUT2D eigenvalue weighted by Gasteiger charge is -2.18. The summed E-state index contributed by atoms with van der Waals surface area (Å²) in [6.07, 6.45) is -0.0606. The molecular formula is C20H18N4O4. The first-order valence-corrected chi connectivity index (χ1v) is 8.59. The van der Waals surface area contributed by atoms with Crippen LogP contribution in [0.4, 0.5) is 5.69 Å². The third-order valence-corrected chi connectivity index (χ3v) is 4.63. The lowest BCUT2D eigenvalue weighted by molar-refractivity contribution is -0.136. The highest BCUT2D eigenvalue weighted by molar-refractivity contribution is 6.30. The lowest BCUT2D eigenvalue weighted by Crippen LogP contribution is -2.26. The van der Waals surface area contributed by atoms with Crippen molar-refractivity contribution in [3.63, 3.8) is 0 Å². The maximum atomic E-state index is 10.8. The first-order valence-electron chi connectivity index (χ1n) is 8.59. The van der Waals surface area contributed by atoms with E-state index in [0.717, 1.165) is 5.52 Å². The van der Waals surface area contributed by atoms with Crippen LogP contribution in [0.3, 0.4) is 0 Å². The molecule has 4 N–H and O–H groups in total. The molecule has 2 heterocycles. The fraction of sp³-hybridized carbons (Fsp3) is 0.150. The molecule has 1 aromatic heterocycles. The van der Waals surface area contributed by atoms with Crippen molar-refractivity contribution in [1.82, 2.24) is 9.97 Å². The number of hydrogen-bond acceptors (Lipinski definition) is 5. The lowest BCUT2D eigenvalue weighted by atomic mass is 10.1. The van der Waals surface area contributed by atoms with Gasteiger partial charge in [0.2, 0.25) is 0 Å². The number of imidazole rings is 1. The summed E-state index contributed by atoms with van der Waals surface area (Å²) in [5.74, 6) is 0.367. The van der Waals surface area contributed by atoms with Crippen molar-refractivity contribution in [3.8, 4) is 5.75 Å². The van der Waals surface area contributed by atoms with Gasteiger partial charge in [0.25, 0.3) is 0 Å². The van der Waals surface area contributed by atoms with Gasteiger partial charge in [0.1, 0.15) is 23.2 Å². The van der Waals surface area contributed by atoms with Gasteiger partial charge in [0.15, 0.2) is 0 Å². The zero-order valence-corrected chi connectivity index (χ0v) is 15.1. The summed E-state index contributed by atoms with van der Waals surface area (Å²) in [4.78, 5) is 20.1. The Hall–Kier alpha value is -3.81. The van der Waals surface area contributed by atoms with Crippen LogP contribution in [-0.2, 0) is 11.2 Å². The van der Waals surface area contributed by atoms with Gasteiger partial charge in [0.05, 0.1) is 36.7 Å². The molecule has 4 rings (SSSR count). The maximum absolute atomic E-state index is 10.8. The van der Waals surface area contributed by atoms with Crippen LogP contribution in [-0.4, -0.2) is 45.6 Å². The van der Waals surface area contributed by atoms with Crippen molar-refractivity contribution in [2.45, 2.75) is 6.42 Å². The molecule has 0 saturated heterocycles. The molecule has 1 aliphatic rings. The van der Waals surface area contributed by atoms with Gasteiger partial charge in [-0.3, -0.25) is 10.2 Å². The number of carboxylic acids is 1. The number of aromatic amines is 1. The number of carbonyl (C=O) groups is 1. The van der Waals surface area contributed by atoms with Crippen molar-refractivity contribution in [2.24, 2.45) is 0 Å². The van der Waals surface area contributed by atoms with Crippen LogP contribution in [0.1, 0.15) is 11.4 Å². The molecule has 142 valence electrons. The number of aliphatic carboxylic acids is 1. The summed E-state index contributed by atoms with van der Waals surface area (Å²) >= 11 is 0. The van der Waals surface area contributed by atoms with Gasteiger partial charge >= 0.3 is 5.97 Å². The van der Waals surface area contributed by atoms with Crippen molar-refractivity contribution in [3.05, 3.63) is 59.6 Å². The number of rotatable bonds is 5. The summed E-state index contributed by atoms with van der Waals surface area (Å²) in [5.41, 5.74) is 3.16. The summed E-state index contributed by atoms with van der Waals surface area (Å²) in [6.45, 7) is 0.146. The molecule has 0 saturated carbocycles. The molecule has 8 heteroatoms. The zero-order valence-electron chi connectivity index (χ0n) is 15.1. The van der Waals surface area contributed by atoms with E-state index in [0.29, 0.717) is 33.9 Å². The highest BCUT2D eigenvalue weighted by Gasteiger charge is 2.31. The van der Waals surface area contributed by atoms with Crippen molar-refractivity contribution in [2.75, 3.05) is 18.6 Å². The van der Waals surface area contributed by atoms with Crippen LogP contribution < -0.4 is 9.64 Å². The van der Waals surface area contributed by atoms with Crippen LogP contribution >= 0.6 is 0 Å². The fourth-order valence-corrected chi connectivity index (χ4v) is 3.25. The van der Waals surface area contributed by atoms with Gasteiger partial charge in [-0.15, -0.1) is 0 Å². The number of nitrogens with zero attached hydrogens (tertiary/aromatic N) is 2. The third kappa shape index (κ3) is 3.05. The number of carboxylic acid groups (broad SMARTS) is 1. The van der Waals surface area contributed by atoms with Gasteiger partial charge in [-0.2, -0.15) is 0 Å². The molecule has 0 bridgehead atoms. The fourth-order valence-electron chi connectivity index (χ4n) is 3.25. The summed E-state index contributed by atoms with van der Waals surface area (Å²) in [7, 11) is 1.58.